The van der Waals surface area contributed by atoms with Crippen LogP contribution in [0.15, 0.2) is 48.5 Å². The molecule has 0 heterocycles. The van der Waals surface area contributed by atoms with Crippen molar-refractivity contribution in [1.82, 2.24) is 10.6 Å². The number of amides is 2. The van der Waals surface area contributed by atoms with Gasteiger partial charge in [0.25, 0.3) is 0 Å². The average Bonchev–Trinajstić information content (AvgIpc) is 3.12. The second-order valence-corrected chi connectivity index (χ2v) is 9.09. The van der Waals surface area contributed by atoms with Crippen LogP contribution in [0.25, 0.3) is 11.1 Å². The van der Waals surface area contributed by atoms with Gasteiger partial charge in [0, 0.05) is 12.0 Å². The van der Waals surface area contributed by atoms with E-state index < -0.39 is 30.4 Å². The van der Waals surface area contributed by atoms with Gasteiger partial charge in [-0.15, -0.1) is 0 Å². The van der Waals surface area contributed by atoms with Gasteiger partial charge in [0.15, 0.2) is 0 Å². The van der Waals surface area contributed by atoms with Crippen LogP contribution in [0.2, 0.25) is 0 Å². The molecule has 2 aromatic carbocycles. The Kier molecular flexibility index (Phi) is 6.96. The minimum absolute atomic E-state index is 0.00862. The molecule has 2 aliphatic carbocycles. The van der Waals surface area contributed by atoms with Crippen molar-refractivity contribution in [3.05, 3.63) is 59.7 Å². The zero-order valence-electron chi connectivity index (χ0n) is 18.8. The number of carbonyl (C=O) groups excluding carboxylic acids is 2. The van der Waals surface area contributed by atoms with Crippen molar-refractivity contribution in [3.63, 3.8) is 0 Å². The molecular formula is C26H30N2O5. The van der Waals surface area contributed by atoms with Crippen molar-refractivity contribution in [2.45, 2.75) is 57.0 Å². The summed E-state index contributed by atoms with van der Waals surface area (Å²) in [5, 5.41) is 14.6. The van der Waals surface area contributed by atoms with Gasteiger partial charge in [-0.1, -0.05) is 55.5 Å². The number of benzene rings is 2. The molecule has 0 aromatic heterocycles. The first-order valence-electron chi connectivity index (χ1n) is 11.6. The number of ether oxygens (including phenoxy) is 1. The van der Waals surface area contributed by atoms with Crippen LogP contribution in [0, 0.1) is 5.92 Å². The first-order valence-corrected chi connectivity index (χ1v) is 11.6. The fraction of sp³-hybridized carbons (Fsp3) is 0.423. The molecule has 2 aliphatic rings. The van der Waals surface area contributed by atoms with Gasteiger partial charge in [-0.05, 0) is 53.9 Å². The molecule has 0 aliphatic heterocycles. The molecule has 1 unspecified atom stereocenters. The number of nitrogens with one attached hydrogen (secondary N) is 2. The van der Waals surface area contributed by atoms with Gasteiger partial charge >= 0.3 is 12.1 Å². The zero-order chi connectivity index (χ0) is 23.4. The lowest BCUT2D eigenvalue weighted by molar-refractivity contribution is -0.140. The number of hydrogen-bond donors (Lipinski definition) is 3. The number of carbonyl (C=O) groups is 3. The van der Waals surface area contributed by atoms with Gasteiger partial charge in [-0.3, -0.25) is 9.59 Å². The number of rotatable bonds is 7. The molecule has 2 amide bonds. The molecular weight excluding hydrogens is 420 g/mol. The number of fused-ring (bicyclic) bond motifs is 3. The van der Waals surface area contributed by atoms with E-state index in [9.17, 15) is 19.5 Å². The maximum absolute atomic E-state index is 12.7. The Morgan fingerprint density at radius 2 is 1.55 bits per heavy atom. The van der Waals surface area contributed by atoms with Gasteiger partial charge < -0.3 is 20.5 Å². The molecule has 7 heteroatoms. The highest BCUT2D eigenvalue weighted by Gasteiger charge is 2.31. The summed E-state index contributed by atoms with van der Waals surface area (Å²) in [5.74, 6) is -1.12. The van der Waals surface area contributed by atoms with E-state index in [0.29, 0.717) is 5.92 Å². The molecule has 1 saturated carbocycles. The molecule has 0 radical (unpaired) electrons. The smallest absolute Gasteiger partial charge is 0.407 e. The molecule has 33 heavy (non-hydrogen) atoms. The molecule has 174 valence electrons. The van der Waals surface area contributed by atoms with Crippen molar-refractivity contribution in [2.24, 2.45) is 5.92 Å². The second-order valence-electron chi connectivity index (χ2n) is 9.09. The Morgan fingerprint density at radius 1 is 0.970 bits per heavy atom. The van der Waals surface area contributed by atoms with Crippen molar-refractivity contribution in [1.29, 1.82) is 0 Å². The second kappa shape index (κ2) is 10.1. The third-order valence-electron chi connectivity index (χ3n) is 6.69. The molecule has 7 nitrogen and oxygen atoms in total. The summed E-state index contributed by atoms with van der Waals surface area (Å²) in [6.45, 7) is 2.28. The Balaban J connectivity index is 1.38. The minimum atomic E-state index is -1.18. The zero-order valence-corrected chi connectivity index (χ0v) is 18.8. The van der Waals surface area contributed by atoms with E-state index in [0.717, 1.165) is 47.9 Å². The van der Waals surface area contributed by atoms with Crippen LogP contribution in [0.3, 0.4) is 0 Å². The minimum Gasteiger partial charge on any atom is -0.481 e. The van der Waals surface area contributed by atoms with Crippen LogP contribution >= 0.6 is 0 Å². The summed E-state index contributed by atoms with van der Waals surface area (Å²) in [5.41, 5.74) is 4.40. The predicted molar refractivity (Wildman–Crippen MR) is 124 cm³/mol. The topological polar surface area (TPSA) is 105 Å². The van der Waals surface area contributed by atoms with Gasteiger partial charge in [-0.2, -0.15) is 0 Å². The molecule has 0 saturated heterocycles. The summed E-state index contributed by atoms with van der Waals surface area (Å²) < 4.78 is 5.48. The van der Waals surface area contributed by atoms with Gasteiger partial charge in [0.05, 0.1) is 6.42 Å². The quantitative estimate of drug-likeness (QED) is 0.590. The van der Waals surface area contributed by atoms with Crippen LogP contribution in [0.5, 0.6) is 0 Å². The van der Waals surface area contributed by atoms with E-state index in [1.807, 2.05) is 48.5 Å². The van der Waals surface area contributed by atoms with Crippen molar-refractivity contribution < 1.29 is 24.2 Å². The van der Waals surface area contributed by atoms with E-state index in [-0.39, 0.29) is 18.6 Å². The van der Waals surface area contributed by atoms with Crippen LogP contribution in [-0.4, -0.2) is 41.8 Å². The summed E-state index contributed by atoms with van der Waals surface area (Å²) in [6.07, 6.45) is 2.47. The third-order valence-corrected chi connectivity index (χ3v) is 6.69. The maximum atomic E-state index is 12.7. The fourth-order valence-corrected chi connectivity index (χ4v) is 4.87. The maximum Gasteiger partial charge on any atom is 0.407 e. The highest BCUT2D eigenvalue weighted by molar-refractivity contribution is 5.89. The Labute approximate surface area is 193 Å². The van der Waals surface area contributed by atoms with E-state index in [1.54, 1.807) is 0 Å². The Bertz CT molecular complexity index is 983. The monoisotopic (exact) mass is 450 g/mol. The lowest BCUT2D eigenvalue weighted by Crippen LogP contribution is -2.51. The molecule has 1 fully saturated rings. The van der Waals surface area contributed by atoms with Crippen LogP contribution in [0.4, 0.5) is 4.79 Å². The van der Waals surface area contributed by atoms with Gasteiger partial charge in [0.2, 0.25) is 5.91 Å². The summed E-state index contributed by atoms with van der Waals surface area (Å²) in [4.78, 5) is 36.6. The number of aliphatic carboxylic acids is 1. The van der Waals surface area contributed by atoms with Gasteiger partial charge in [0.1, 0.15) is 12.6 Å². The summed E-state index contributed by atoms with van der Waals surface area (Å²) in [6, 6.07) is 14.8. The molecule has 4 rings (SSSR count). The van der Waals surface area contributed by atoms with Crippen molar-refractivity contribution >= 4 is 18.0 Å². The molecule has 2 aromatic rings. The fourth-order valence-electron chi connectivity index (χ4n) is 4.87. The highest BCUT2D eigenvalue weighted by atomic mass is 16.5. The Hall–Kier alpha value is -3.35. The van der Waals surface area contributed by atoms with E-state index >= 15 is 0 Å². The van der Waals surface area contributed by atoms with Crippen molar-refractivity contribution in [2.75, 3.05) is 6.61 Å². The van der Waals surface area contributed by atoms with E-state index in [1.165, 1.54) is 0 Å². The van der Waals surface area contributed by atoms with E-state index in [2.05, 4.69) is 17.6 Å². The van der Waals surface area contributed by atoms with Gasteiger partial charge in [-0.25, -0.2) is 4.79 Å². The van der Waals surface area contributed by atoms with Crippen molar-refractivity contribution in [3.8, 4) is 11.1 Å². The largest absolute Gasteiger partial charge is 0.481 e. The molecule has 3 N–H and O–H groups in total. The number of carboxylic acid groups (broad SMARTS) is 1. The first kappa shape index (κ1) is 22.8. The molecule has 0 spiro atoms. The Morgan fingerprint density at radius 3 is 2.12 bits per heavy atom. The predicted octanol–water partition coefficient (Wildman–Crippen LogP) is 4.06. The van der Waals surface area contributed by atoms with Crippen LogP contribution in [-0.2, 0) is 14.3 Å². The highest BCUT2D eigenvalue weighted by Crippen LogP contribution is 2.44. The lowest BCUT2D eigenvalue weighted by atomic mass is 9.87. The summed E-state index contributed by atoms with van der Waals surface area (Å²) >= 11 is 0. The summed E-state index contributed by atoms with van der Waals surface area (Å²) in [7, 11) is 0. The first-order chi connectivity index (χ1) is 15.9. The third kappa shape index (κ3) is 5.35. The lowest BCUT2D eigenvalue weighted by Gasteiger charge is -2.28. The number of hydrogen-bond acceptors (Lipinski definition) is 4. The SMILES string of the molecule is CC1CCC(NC(=O)C(CC(=O)O)NC(=O)OCC2c3ccccc3-c3ccccc32)CC1. The number of alkyl carbamates (subject to hydrolysis) is 1. The van der Waals surface area contributed by atoms with Crippen LogP contribution in [0.1, 0.15) is 56.1 Å². The van der Waals surface area contributed by atoms with E-state index in [4.69, 9.17) is 4.74 Å². The number of carboxylic acids is 1. The van der Waals surface area contributed by atoms with Crippen LogP contribution < -0.4 is 10.6 Å². The standard InChI is InChI=1S/C26H30N2O5/c1-16-10-12-17(13-11-16)27-25(31)23(14-24(29)30)28-26(32)33-15-22-20-8-4-2-6-18(20)19-7-3-5-9-21(19)22/h2-9,16-17,22-23H,10-15H2,1H3,(H,27,31)(H,28,32)(H,29,30). The average molecular weight is 451 g/mol. The normalized spacial score (nSPS) is 20.3. The molecule has 1 atom stereocenters. The molecule has 0 bridgehead atoms.